The number of rotatable bonds is 5. The molecule has 0 aliphatic carbocycles. The number of pyridine rings is 1. The molecule has 4 rings (SSSR count). The first kappa shape index (κ1) is 20.7. The van der Waals surface area contributed by atoms with Gasteiger partial charge in [-0.05, 0) is 42.5 Å². The molecule has 1 fully saturated rings. The Morgan fingerprint density at radius 2 is 2.03 bits per heavy atom. The number of nitrogens with zero attached hydrogens (tertiary/aromatic N) is 2. The molecule has 1 atom stereocenters. The molecule has 2 amide bonds. The highest BCUT2D eigenvalue weighted by Gasteiger charge is 2.34. The summed E-state index contributed by atoms with van der Waals surface area (Å²) in [6.07, 6.45) is 1.92. The van der Waals surface area contributed by atoms with E-state index < -0.39 is 5.92 Å². The highest BCUT2D eigenvalue weighted by Crippen LogP contribution is 2.26. The standard InChI is InChI=1S/C24H20ClN3O3/c25-19-6-8-20(9-7-19)28-16-18(14-23(28)29)24(30)27-11-1-2-13-31-21-10-5-17-4-3-12-26-22(17)15-21/h3-10,12,15,18H,11,13-14,16H2,(H,27,30). The number of carbonyl (C=O) groups is 2. The van der Waals surface area contributed by atoms with Gasteiger partial charge in [-0.15, -0.1) is 0 Å². The third-order valence-corrected chi connectivity index (χ3v) is 5.25. The second-order valence-corrected chi connectivity index (χ2v) is 7.54. The molecule has 7 heteroatoms. The van der Waals surface area contributed by atoms with E-state index in [0.717, 1.165) is 16.6 Å². The van der Waals surface area contributed by atoms with Gasteiger partial charge in [0, 0.05) is 41.3 Å². The van der Waals surface area contributed by atoms with E-state index >= 15 is 0 Å². The summed E-state index contributed by atoms with van der Waals surface area (Å²) in [4.78, 5) is 30.6. The molecule has 156 valence electrons. The van der Waals surface area contributed by atoms with E-state index in [1.165, 1.54) is 0 Å². The van der Waals surface area contributed by atoms with E-state index in [2.05, 4.69) is 22.1 Å². The summed E-state index contributed by atoms with van der Waals surface area (Å²) in [5.74, 6) is 5.79. The number of benzene rings is 2. The van der Waals surface area contributed by atoms with Crippen molar-refractivity contribution in [3.63, 3.8) is 0 Å². The molecule has 0 radical (unpaired) electrons. The molecular weight excluding hydrogens is 414 g/mol. The Morgan fingerprint density at radius 1 is 1.19 bits per heavy atom. The summed E-state index contributed by atoms with van der Waals surface area (Å²) in [5.41, 5.74) is 1.60. The van der Waals surface area contributed by atoms with Crippen molar-refractivity contribution in [3.05, 3.63) is 65.8 Å². The smallest absolute Gasteiger partial charge is 0.227 e. The number of ether oxygens (including phenoxy) is 1. The lowest BCUT2D eigenvalue weighted by atomic mass is 10.1. The molecule has 1 unspecified atom stereocenters. The molecule has 0 saturated carbocycles. The highest BCUT2D eigenvalue weighted by molar-refractivity contribution is 6.30. The molecule has 3 aromatic rings. The van der Waals surface area contributed by atoms with Crippen LogP contribution >= 0.6 is 11.6 Å². The molecule has 1 aromatic heterocycles. The number of hydrogen-bond donors (Lipinski definition) is 1. The van der Waals surface area contributed by atoms with Gasteiger partial charge in [0.2, 0.25) is 11.8 Å². The van der Waals surface area contributed by atoms with Crippen molar-refractivity contribution in [3.8, 4) is 17.6 Å². The minimum Gasteiger partial charge on any atom is -0.481 e. The SMILES string of the molecule is O=C(NCC#CCOc1ccc2cccnc2c1)C1CC(=O)N(c2ccc(Cl)cc2)C1. The van der Waals surface area contributed by atoms with Gasteiger partial charge in [-0.2, -0.15) is 0 Å². The average Bonchev–Trinajstić information content (AvgIpc) is 3.18. The quantitative estimate of drug-likeness (QED) is 0.626. The minimum atomic E-state index is -0.397. The number of nitrogens with one attached hydrogen (secondary N) is 1. The molecule has 6 nitrogen and oxygen atoms in total. The van der Waals surface area contributed by atoms with Gasteiger partial charge in [0.05, 0.1) is 18.0 Å². The van der Waals surface area contributed by atoms with Gasteiger partial charge in [-0.1, -0.05) is 29.5 Å². The average molecular weight is 434 g/mol. The van der Waals surface area contributed by atoms with Gasteiger partial charge < -0.3 is 15.0 Å². The number of fused-ring (bicyclic) bond motifs is 1. The van der Waals surface area contributed by atoms with Crippen LogP contribution in [0.15, 0.2) is 60.8 Å². The van der Waals surface area contributed by atoms with Crippen LogP contribution in [-0.4, -0.2) is 36.5 Å². The molecule has 0 spiro atoms. The fourth-order valence-corrected chi connectivity index (χ4v) is 3.52. The van der Waals surface area contributed by atoms with Crippen molar-refractivity contribution in [2.24, 2.45) is 5.92 Å². The van der Waals surface area contributed by atoms with Crippen LogP contribution in [-0.2, 0) is 9.59 Å². The Hall–Kier alpha value is -3.56. The van der Waals surface area contributed by atoms with E-state index in [-0.39, 0.29) is 31.4 Å². The van der Waals surface area contributed by atoms with Gasteiger partial charge in [-0.25, -0.2) is 0 Å². The molecule has 2 heterocycles. The highest BCUT2D eigenvalue weighted by atomic mass is 35.5. The van der Waals surface area contributed by atoms with Crippen LogP contribution < -0.4 is 15.0 Å². The lowest BCUT2D eigenvalue weighted by Gasteiger charge is -2.16. The number of anilines is 1. The molecule has 0 bridgehead atoms. The zero-order valence-corrected chi connectivity index (χ0v) is 17.4. The van der Waals surface area contributed by atoms with E-state index in [1.807, 2.05) is 30.3 Å². The summed E-state index contributed by atoms with van der Waals surface area (Å²) in [6, 6.07) is 16.6. The zero-order valence-electron chi connectivity index (χ0n) is 16.7. The number of carbonyl (C=O) groups excluding carboxylic acids is 2. The molecular formula is C24H20ClN3O3. The Bertz CT molecular complexity index is 1170. The molecule has 1 saturated heterocycles. The third-order valence-electron chi connectivity index (χ3n) is 5.00. The zero-order chi connectivity index (χ0) is 21.6. The van der Waals surface area contributed by atoms with E-state index in [1.54, 1.807) is 35.4 Å². The largest absolute Gasteiger partial charge is 0.481 e. The lowest BCUT2D eigenvalue weighted by molar-refractivity contribution is -0.126. The van der Waals surface area contributed by atoms with Crippen LogP contribution in [0.1, 0.15) is 6.42 Å². The summed E-state index contributed by atoms with van der Waals surface area (Å²) < 4.78 is 5.62. The number of hydrogen-bond acceptors (Lipinski definition) is 4. The summed E-state index contributed by atoms with van der Waals surface area (Å²) in [6.45, 7) is 0.756. The Labute approximate surface area is 185 Å². The molecule has 1 aliphatic heterocycles. The van der Waals surface area contributed by atoms with E-state index in [0.29, 0.717) is 17.3 Å². The van der Waals surface area contributed by atoms with Crippen molar-refractivity contribution in [2.45, 2.75) is 6.42 Å². The van der Waals surface area contributed by atoms with Crippen LogP contribution in [0.2, 0.25) is 5.02 Å². The first-order valence-corrected chi connectivity index (χ1v) is 10.2. The van der Waals surface area contributed by atoms with Crippen LogP contribution in [0.4, 0.5) is 5.69 Å². The van der Waals surface area contributed by atoms with E-state index in [9.17, 15) is 9.59 Å². The number of halogens is 1. The summed E-state index contributed by atoms with van der Waals surface area (Å²) in [7, 11) is 0. The van der Waals surface area contributed by atoms with Crippen molar-refractivity contribution in [1.29, 1.82) is 0 Å². The van der Waals surface area contributed by atoms with Gasteiger partial charge in [-0.3, -0.25) is 14.6 Å². The fourth-order valence-electron chi connectivity index (χ4n) is 3.40. The van der Waals surface area contributed by atoms with Gasteiger partial charge in [0.25, 0.3) is 0 Å². The third kappa shape index (κ3) is 5.14. The number of amides is 2. The molecule has 1 N–H and O–H groups in total. The van der Waals surface area contributed by atoms with Crippen LogP contribution in [0.25, 0.3) is 10.9 Å². The predicted octanol–water partition coefficient (Wildman–Crippen LogP) is 3.44. The monoisotopic (exact) mass is 433 g/mol. The Kier molecular flexibility index (Phi) is 6.34. The van der Waals surface area contributed by atoms with Crippen LogP contribution in [0.3, 0.4) is 0 Å². The summed E-state index contributed by atoms with van der Waals surface area (Å²) >= 11 is 5.89. The first-order valence-electron chi connectivity index (χ1n) is 9.87. The Balaban J connectivity index is 1.23. The van der Waals surface area contributed by atoms with Crippen molar-refractivity contribution >= 4 is 40.0 Å². The van der Waals surface area contributed by atoms with Gasteiger partial charge in [0.15, 0.2) is 0 Å². The molecule has 1 aliphatic rings. The van der Waals surface area contributed by atoms with Crippen molar-refractivity contribution < 1.29 is 14.3 Å². The maximum atomic E-state index is 12.4. The minimum absolute atomic E-state index is 0.0770. The van der Waals surface area contributed by atoms with Gasteiger partial charge in [0.1, 0.15) is 12.4 Å². The Morgan fingerprint density at radius 3 is 2.87 bits per heavy atom. The number of aromatic nitrogens is 1. The summed E-state index contributed by atoms with van der Waals surface area (Å²) in [5, 5.41) is 4.42. The topological polar surface area (TPSA) is 71.5 Å². The second-order valence-electron chi connectivity index (χ2n) is 7.10. The first-order chi connectivity index (χ1) is 15.1. The normalized spacial score (nSPS) is 15.5. The van der Waals surface area contributed by atoms with E-state index in [4.69, 9.17) is 16.3 Å². The second kappa shape index (κ2) is 9.50. The van der Waals surface area contributed by atoms with Gasteiger partial charge >= 0.3 is 0 Å². The maximum Gasteiger partial charge on any atom is 0.227 e. The molecule has 31 heavy (non-hydrogen) atoms. The van der Waals surface area contributed by atoms with Crippen molar-refractivity contribution in [2.75, 3.05) is 24.6 Å². The fraction of sp³-hybridized carbons (Fsp3) is 0.208. The van der Waals surface area contributed by atoms with Crippen molar-refractivity contribution in [1.82, 2.24) is 10.3 Å². The van der Waals surface area contributed by atoms with Crippen LogP contribution in [0, 0.1) is 17.8 Å². The van der Waals surface area contributed by atoms with Crippen LogP contribution in [0.5, 0.6) is 5.75 Å². The predicted molar refractivity (Wildman–Crippen MR) is 120 cm³/mol. The maximum absolute atomic E-state index is 12.4. The molecule has 2 aromatic carbocycles. The lowest BCUT2D eigenvalue weighted by Crippen LogP contribution is -2.33.